The summed E-state index contributed by atoms with van der Waals surface area (Å²) in [4.78, 5) is 57.1. The van der Waals surface area contributed by atoms with Gasteiger partial charge in [0.1, 0.15) is 4.83 Å². The minimum Gasteiger partial charge on any atom is -0.321 e. The molecule has 3 amide bonds. The molecule has 0 atom stereocenters. The second kappa shape index (κ2) is 7.24. The molecule has 2 aromatic heterocycles. The van der Waals surface area contributed by atoms with Gasteiger partial charge in [-0.3, -0.25) is 19.2 Å². The van der Waals surface area contributed by atoms with Crippen LogP contribution in [0, 0.1) is 6.92 Å². The van der Waals surface area contributed by atoms with Crippen molar-refractivity contribution in [1.82, 2.24) is 9.55 Å². The Kier molecular flexibility index (Phi) is 4.49. The van der Waals surface area contributed by atoms with Crippen LogP contribution in [-0.2, 0) is 7.05 Å². The number of hydrogen-bond acceptors (Lipinski definition) is 6. The number of anilines is 2. The van der Waals surface area contributed by atoms with Gasteiger partial charge in [0, 0.05) is 12.7 Å². The molecule has 2 aromatic carbocycles. The Hall–Kier alpha value is -4.11. The monoisotopic (exact) mass is 444 g/mol. The number of benzene rings is 2. The molecule has 32 heavy (non-hydrogen) atoms. The molecule has 0 unspecified atom stereocenters. The van der Waals surface area contributed by atoms with Gasteiger partial charge < -0.3 is 9.88 Å². The van der Waals surface area contributed by atoms with E-state index < -0.39 is 17.7 Å². The van der Waals surface area contributed by atoms with Crippen molar-refractivity contribution in [1.29, 1.82) is 0 Å². The molecule has 8 nitrogen and oxygen atoms in total. The van der Waals surface area contributed by atoms with Crippen molar-refractivity contribution in [3.05, 3.63) is 86.8 Å². The smallest absolute Gasteiger partial charge is 0.266 e. The number of nitrogens with zero attached hydrogens (tertiary/aromatic N) is 3. The Morgan fingerprint density at radius 2 is 1.69 bits per heavy atom. The number of aromatic nitrogens is 2. The molecule has 0 saturated heterocycles. The summed E-state index contributed by atoms with van der Waals surface area (Å²) >= 11 is 1.14. The lowest BCUT2D eigenvalue weighted by atomic mass is 10.1. The molecular weight excluding hydrogens is 428 g/mol. The second-order valence-electron chi connectivity index (χ2n) is 7.39. The number of carbonyl (C=O) groups excluding carboxylic acids is 3. The number of fused-ring (bicyclic) bond motifs is 2. The van der Waals surface area contributed by atoms with Crippen LogP contribution in [0.2, 0.25) is 0 Å². The summed E-state index contributed by atoms with van der Waals surface area (Å²) in [5.41, 5.74) is 1.83. The van der Waals surface area contributed by atoms with Crippen LogP contribution in [0.4, 0.5) is 11.4 Å². The molecule has 0 radical (unpaired) electrons. The fourth-order valence-electron chi connectivity index (χ4n) is 3.76. The van der Waals surface area contributed by atoms with Crippen molar-refractivity contribution < 1.29 is 14.4 Å². The summed E-state index contributed by atoms with van der Waals surface area (Å²) in [7, 11) is 1.61. The van der Waals surface area contributed by atoms with Crippen LogP contribution in [0.15, 0.2) is 59.7 Å². The lowest BCUT2D eigenvalue weighted by Crippen LogP contribution is -2.29. The third-order valence-electron chi connectivity index (χ3n) is 5.37. The van der Waals surface area contributed by atoms with E-state index in [4.69, 9.17) is 0 Å². The third kappa shape index (κ3) is 2.94. The SMILES string of the molecule is Cc1c(C(=O)Nc2cccc(N3C(=O)c4ccccc4C3=O)c2)sc2ncn(C)c(=O)c12. The quantitative estimate of drug-likeness (QED) is 0.488. The van der Waals surface area contributed by atoms with E-state index in [0.29, 0.717) is 43.2 Å². The average Bonchev–Trinajstić information content (AvgIpc) is 3.26. The molecule has 0 aliphatic carbocycles. The number of carbonyl (C=O) groups is 3. The van der Waals surface area contributed by atoms with Crippen molar-refractivity contribution in [3.63, 3.8) is 0 Å². The fraction of sp³-hybridized carbons (Fsp3) is 0.0870. The van der Waals surface area contributed by atoms with Crippen LogP contribution in [0.5, 0.6) is 0 Å². The summed E-state index contributed by atoms with van der Waals surface area (Å²) in [6, 6.07) is 13.2. The molecule has 1 aliphatic heterocycles. The molecule has 158 valence electrons. The van der Waals surface area contributed by atoms with Gasteiger partial charge in [0.2, 0.25) is 0 Å². The highest BCUT2D eigenvalue weighted by Crippen LogP contribution is 2.31. The Morgan fingerprint density at radius 3 is 2.38 bits per heavy atom. The molecule has 1 N–H and O–H groups in total. The van der Waals surface area contributed by atoms with Crippen molar-refractivity contribution in [2.24, 2.45) is 7.05 Å². The largest absolute Gasteiger partial charge is 0.321 e. The van der Waals surface area contributed by atoms with Gasteiger partial charge in [-0.15, -0.1) is 11.3 Å². The zero-order chi connectivity index (χ0) is 22.6. The zero-order valence-electron chi connectivity index (χ0n) is 17.1. The molecule has 0 fully saturated rings. The van der Waals surface area contributed by atoms with Crippen LogP contribution in [0.3, 0.4) is 0 Å². The van der Waals surface area contributed by atoms with Crippen molar-refractivity contribution in [3.8, 4) is 0 Å². The highest BCUT2D eigenvalue weighted by atomic mass is 32.1. The highest BCUT2D eigenvalue weighted by Gasteiger charge is 2.36. The van der Waals surface area contributed by atoms with E-state index in [1.807, 2.05) is 0 Å². The van der Waals surface area contributed by atoms with Gasteiger partial charge in [0.05, 0.1) is 33.4 Å². The molecule has 0 spiro atoms. The lowest BCUT2D eigenvalue weighted by Gasteiger charge is -2.15. The molecule has 0 bridgehead atoms. The Labute approximate surface area is 185 Å². The Balaban J connectivity index is 1.46. The van der Waals surface area contributed by atoms with Crippen molar-refractivity contribution in [2.75, 3.05) is 10.2 Å². The number of imide groups is 1. The zero-order valence-corrected chi connectivity index (χ0v) is 17.9. The predicted octanol–water partition coefficient (Wildman–Crippen LogP) is 3.36. The molecular formula is C23H16N4O4S. The number of rotatable bonds is 3. The summed E-state index contributed by atoms with van der Waals surface area (Å²) in [6.07, 6.45) is 1.42. The van der Waals surface area contributed by atoms with E-state index in [2.05, 4.69) is 10.3 Å². The lowest BCUT2D eigenvalue weighted by molar-refractivity contribution is 0.0925. The normalized spacial score (nSPS) is 13.0. The average molecular weight is 444 g/mol. The Morgan fingerprint density at radius 1 is 1.00 bits per heavy atom. The van der Waals surface area contributed by atoms with Gasteiger partial charge in [0.25, 0.3) is 23.3 Å². The van der Waals surface area contributed by atoms with E-state index in [1.165, 1.54) is 10.9 Å². The first kappa shape index (κ1) is 19.8. The maximum absolute atomic E-state index is 13.0. The van der Waals surface area contributed by atoms with Crippen molar-refractivity contribution >= 4 is 50.6 Å². The second-order valence-corrected chi connectivity index (χ2v) is 8.39. The summed E-state index contributed by atoms with van der Waals surface area (Å²) < 4.78 is 1.37. The van der Waals surface area contributed by atoms with Crippen LogP contribution < -0.4 is 15.8 Å². The van der Waals surface area contributed by atoms with Crippen LogP contribution >= 0.6 is 11.3 Å². The first-order valence-corrected chi connectivity index (χ1v) is 10.5. The van der Waals surface area contributed by atoms with Gasteiger partial charge in [-0.05, 0) is 42.8 Å². The van der Waals surface area contributed by atoms with Crippen LogP contribution in [0.1, 0.15) is 36.0 Å². The van der Waals surface area contributed by atoms with Gasteiger partial charge in [-0.2, -0.15) is 0 Å². The van der Waals surface area contributed by atoms with E-state index in [1.54, 1.807) is 62.5 Å². The molecule has 5 rings (SSSR count). The van der Waals surface area contributed by atoms with Crippen LogP contribution in [-0.4, -0.2) is 27.3 Å². The molecule has 0 saturated carbocycles. The number of aryl methyl sites for hydroxylation is 2. The number of hydrogen-bond donors (Lipinski definition) is 1. The van der Waals surface area contributed by atoms with Crippen molar-refractivity contribution in [2.45, 2.75) is 6.92 Å². The first-order chi connectivity index (χ1) is 15.4. The summed E-state index contributed by atoms with van der Waals surface area (Å²) in [5.74, 6) is -1.21. The Bertz CT molecular complexity index is 1480. The highest BCUT2D eigenvalue weighted by molar-refractivity contribution is 7.20. The maximum Gasteiger partial charge on any atom is 0.266 e. The third-order valence-corrected chi connectivity index (χ3v) is 6.57. The standard InChI is InChI=1S/C23H16N4O4S/c1-12-17-20(24-11-26(2)23(17)31)32-18(12)19(28)25-13-6-5-7-14(10-13)27-21(29)15-8-3-4-9-16(15)22(27)30/h3-11H,1-2H3,(H,25,28). The summed E-state index contributed by atoms with van der Waals surface area (Å²) in [5, 5.41) is 3.22. The van der Waals surface area contributed by atoms with Gasteiger partial charge >= 0.3 is 0 Å². The van der Waals surface area contributed by atoms with E-state index in [9.17, 15) is 19.2 Å². The topological polar surface area (TPSA) is 101 Å². The number of thiophene rings is 1. The number of amides is 3. The predicted molar refractivity (Wildman–Crippen MR) is 122 cm³/mol. The molecule has 1 aliphatic rings. The minimum absolute atomic E-state index is 0.213. The van der Waals surface area contributed by atoms with Gasteiger partial charge in [-0.1, -0.05) is 18.2 Å². The molecule has 9 heteroatoms. The molecule has 3 heterocycles. The maximum atomic E-state index is 13.0. The van der Waals surface area contributed by atoms with E-state index >= 15 is 0 Å². The van der Waals surface area contributed by atoms with E-state index in [0.717, 1.165) is 16.2 Å². The molecule has 4 aromatic rings. The fourth-order valence-corrected chi connectivity index (χ4v) is 4.79. The van der Waals surface area contributed by atoms with Gasteiger partial charge in [0.15, 0.2) is 0 Å². The summed E-state index contributed by atoms with van der Waals surface area (Å²) in [6.45, 7) is 1.71. The minimum atomic E-state index is -0.406. The number of nitrogens with one attached hydrogen (secondary N) is 1. The first-order valence-electron chi connectivity index (χ1n) is 9.71. The van der Waals surface area contributed by atoms with E-state index in [-0.39, 0.29) is 5.56 Å². The van der Waals surface area contributed by atoms with Gasteiger partial charge in [-0.25, -0.2) is 9.88 Å². The van der Waals surface area contributed by atoms with Crippen LogP contribution in [0.25, 0.3) is 10.2 Å².